The van der Waals surface area contributed by atoms with Gasteiger partial charge in [0.05, 0.1) is 12.1 Å². The van der Waals surface area contributed by atoms with Gasteiger partial charge in [0.15, 0.2) is 0 Å². The van der Waals surface area contributed by atoms with Crippen LogP contribution in [0, 0.1) is 5.41 Å². The van der Waals surface area contributed by atoms with E-state index in [9.17, 15) is 0 Å². The van der Waals surface area contributed by atoms with Crippen molar-refractivity contribution in [1.82, 2.24) is 5.32 Å². The predicted octanol–water partition coefficient (Wildman–Crippen LogP) is 4.61. The Morgan fingerprint density at radius 2 is 2.00 bits per heavy atom. The Kier molecular flexibility index (Phi) is 4.84. The Morgan fingerprint density at radius 3 is 2.60 bits per heavy atom. The zero-order valence-corrected chi connectivity index (χ0v) is 13.9. The smallest absolute Gasteiger partial charge is 0.0818 e. The Bertz CT molecular complexity index is 555. The molecule has 2 unspecified atom stereocenters. The lowest BCUT2D eigenvalue weighted by atomic mass is 9.82. The fourth-order valence-electron chi connectivity index (χ4n) is 2.76. The van der Waals surface area contributed by atoms with Gasteiger partial charge < -0.3 is 10.1 Å². The van der Waals surface area contributed by atoms with Crippen LogP contribution in [-0.2, 0) is 4.74 Å². The van der Waals surface area contributed by atoms with Crippen LogP contribution in [0.25, 0.3) is 10.1 Å². The van der Waals surface area contributed by atoms with Crippen molar-refractivity contribution in [3.63, 3.8) is 0 Å². The first-order chi connectivity index (χ1) is 9.49. The molecule has 0 aliphatic heterocycles. The molecule has 3 heteroatoms. The van der Waals surface area contributed by atoms with Gasteiger partial charge in [-0.05, 0) is 41.8 Å². The van der Waals surface area contributed by atoms with E-state index in [0.29, 0.717) is 0 Å². The molecule has 0 aliphatic carbocycles. The molecule has 0 radical (unpaired) electrons. The van der Waals surface area contributed by atoms with Gasteiger partial charge in [0.25, 0.3) is 0 Å². The van der Waals surface area contributed by atoms with Crippen LogP contribution in [0.2, 0.25) is 0 Å². The van der Waals surface area contributed by atoms with Crippen molar-refractivity contribution < 1.29 is 4.74 Å². The second-order valence-electron chi connectivity index (χ2n) is 6.19. The minimum absolute atomic E-state index is 0.0864. The van der Waals surface area contributed by atoms with Gasteiger partial charge in [-0.3, -0.25) is 0 Å². The SMILES string of the molecule is CCOC(C(NC)c1cccc2ccsc12)C(C)(C)C. The van der Waals surface area contributed by atoms with Gasteiger partial charge in [0, 0.05) is 11.3 Å². The minimum atomic E-state index is 0.0864. The molecule has 0 amide bonds. The van der Waals surface area contributed by atoms with Crippen molar-refractivity contribution >= 4 is 21.4 Å². The molecule has 0 bridgehead atoms. The highest BCUT2D eigenvalue weighted by atomic mass is 32.1. The molecule has 1 heterocycles. The summed E-state index contributed by atoms with van der Waals surface area (Å²) in [6.45, 7) is 9.53. The molecule has 0 aliphatic rings. The molecular weight excluding hydrogens is 266 g/mol. The van der Waals surface area contributed by atoms with Crippen molar-refractivity contribution in [3.8, 4) is 0 Å². The molecule has 0 saturated carbocycles. The third-order valence-electron chi connectivity index (χ3n) is 3.66. The summed E-state index contributed by atoms with van der Waals surface area (Å²) in [6.07, 6.45) is 0.144. The second-order valence-corrected chi connectivity index (χ2v) is 7.11. The average molecular weight is 291 g/mol. The van der Waals surface area contributed by atoms with Crippen LogP contribution >= 0.6 is 11.3 Å². The highest BCUT2D eigenvalue weighted by Gasteiger charge is 2.34. The van der Waals surface area contributed by atoms with Crippen LogP contribution in [0.5, 0.6) is 0 Å². The molecule has 20 heavy (non-hydrogen) atoms. The number of hydrogen-bond donors (Lipinski definition) is 1. The van der Waals surface area contributed by atoms with Crippen molar-refractivity contribution in [3.05, 3.63) is 35.2 Å². The van der Waals surface area contributed by atoms with Crippen molar-refractivity contribution in [2.24, 2.45) is 5.41 Å². The number of ether oxygens (including phenoxy) is 1. The monoisotopic (exact) mass is 291 g/mol. The van der Waals surface area contributed by atoms with Crippen LogP contribution in [-0.4, -0.2) is 19.8 Å². The van der Waals surface area contributed by atoms with Gasteiger partial charge in [-0.25, -0.2) is 0 Å². The number of likely N-dealkylation sites (N-methyl/N-ethyl adjacent to an activating group) is 1. The molecule has 2 atom stereocenters. The van der Waals surface area contributed by atoms with Crippen molar-refractivity contribution in [2.75, 3.05) is 13.7 Å². The Morgan fingerprint density at radius 1 is 1.25 bits per heavy atom. The van der Waals surface area contributed by atoms with Gasteiger partial charge in [-0.15, -0.1) is 11.3 Å². The topological polar surface area (TPSA) is 21.3 Å². The van der Waals surface area contributed by atoms with E-state index in [0.717, 1.165) is 6.61 Å². The zero-order chi connectivity index (χ0) is 14.8. The lowest BCUT2D eigenvalue weighted by Gasteiger charge is -2.37. The molecule has 110 valence electrons. The Labute approximate surface area is 126 Å². The van der Waals surface area contributed by atoms with Gasteiger partial charge in [0.2, 0.25) is 0 Å². The summed E-state index contributed by atoms with van der Waals surface area (Å²) in [4.78, 5) is 0. The Hall–Kier alpha value is -0.900. The number of thiophene rings is 1. The van der Waals surface area contributed by atoms with Crippen LogP contribution in [0.15, 0.2) is 29.6 Å². The lowest BCUT2D eigenvalue weighted by molar-refractivity contribution is -0.0347. The largest absolute Gasteiger partial charge is 0.376 e. The normalized spacial score (nSPS) is 15.4. The molecule has 2 aromatic rings. The summed E-state index contributed by atoms with van der Waals surface area (Å²) in [6, 6.07) is 8.92. The van der Waals surface area contributed by atoms with E-state index in [1.807, 2.05) is 18.4 Å². The maximum Gasteiger partial charge on any atom is 0.0818 e. The number of benzene rings is 1. The van der Waals surface area contributed by atoms with E-state index < -0.39 is 0 Å². The van der Waals surface area contributed by atoms with E-state index in [-0.39, 0.29) is 17.6 Å². The summed E-state index contributed by atoms with van der Waals surface area (Å²) in [5, 5.41) is 6.95. The first-order valence-electron chi connectivity index (χ1n) is 7.24. The molecule has 2 nitrogen and oxygen atoms in total. The Balaban J connectivity index is 2.47. The van der Waals surface area contributed by atoms with Gasteiger partial charge in [0.1, 0.15) is 0 Å². The molecule has 1 N–H and O–H groups in total. The van der Waals surface area contributed by atoms with E-state index in [1.165, 1.54) is 15.6 Å². The summed E-state index contributed by atoms with van der Waals surface area (Å²) >= 11 is 1.81. The highest BCUT2D eigenvalue weighted by molar-refractivity contribution is 7.17. The molecular formula is C17H25NOS. The summed E-state index contributed by atoms with van der Waals surface area (Å²) in [5.74, 6) is 0. The van der Waals surface area contributed by atoms with Gasteiger partial charge in [-0.1, -0.05) is 39.0 Å². The van der Waals surface area contributed by atoms with Gasteiger partial charge >= 0.3 is 0 Å². The summed E-state index contributed by atoms with van der Waals surface area (Å²) in [7, 11) is 2.02. The fourth-order valence-corrected chi connectivity index (χ4v) is 3.71. The molecule has 0 fully saturated rings. The number of rotatable bonds is 5. The maximum atomic E-state index is 6.08. The zero-order valence-electron chi connectivity index (χ0n) is 13.1. The number of fused-ring (bicyclic) bond motifs is 1. The fraction of sp³-hybridized carbons (Fsp3) is 0.529. The van der Waals surface area contributed by atoms with E-state index in [4.69, 9.17) is 4.74 Å². The number of hydrogen-bond acceptors (Lipinski definition) is 3. The van der Waals surface area contributed by atoms with Crippen molar-refractivity contribution in [2.45, 2.75) is 39.8 Å². The van der Waals surface area contributed by atoms with Crippen LogP contribution in [0.3, 0.4) is 0 Å². The van der Waals surface area contributed by atoms with Crippen LogP contribution in [0.4, 0.5) is 0 Å². The van der Waals surface area contributed by atoms with E-state index in [2.05, 4.69) is 62.7 Å². The first kappa shape index (κ1) is 15.5. The number of nitrogens with one attached hydrogen (secondary N) is 1. The standard InChI is InChI=1S/C17H25NOS/c1-6-19-16(17(2,3)4)14(18-5)13-9-7-8-12-10-11-20-15(12)13/h7-11,14,16,18H,6H2,1-5H3. The third kappa shape index (κ3) is 3.05. The molecule has 0 saturated heterocycles. The predicted molar refractivity (Wildman–Crippen MR) is 88.5 cm³/mol. The van der Waals surface area contributed by atoms with Crippen molar-refractivity contribution in [1.29, 1.82) is 0 Å². The highest BCUT2D eigenvalue weighted by Crippen LogP contribution is 2.37. The molecule has 2 rings (SSSR count). The molecule has 1 aromatic heterocycles. The maximum absolute atomic E-state index is 6.08. The van der Waals surface area contributed by atoms with E-state index in [1.54, 1.807) is 0 Å². The van der Waals surface area contributed by atoms with Gasteiger partial charge in [-0.2, -0.15) is 0 Å². The average Bonchev–Trinajstić information content (AvgIpc) is 2.86. The molecule has 1 aromatic carbocycles. The summed E-state index contributed by atoms with van der Waals surface area (Å²) < 4.78 is 7.44. The quantitative estimate of drug-likeness (QED) is 0.868. The first-order valence-corrected chi connectivity index (χ1v) is 8.12. The van der Waals surface area contributed by atoms with E-state index >= 15 is 0 Å². The molecule has 0 spiro atoms. The minimum Gasteiger partial charge on any atom is -0.376 e. The lowest BCUT2D eigenvalue weighted by Crippen LogP contribution is -2.41. The second kappa shape index (κ2) is 6.25. The summed E-state index contributed by atoms with van der Waals surface area (Å²) in [5.41, 5.74) is 1.43. The van der Waals surface area contributed by atoms with Crippen LogP contribution in [0.1, 0.15) is 39.3 Å². The van der Waals surface area contributed by atoms with Crippen LogP contribution < -0.4 is 5.32 Å². The third-order valence-corrected chi connectivity index (χ3v) is 4.64.